The van der Waals surface area contributed by atoms with Gasteiger partial charge in [-0.05, 0) is 36.2 Å². The molecular weight excluding hydrogens is 434 g/mol. The molecular formula is C25H33N5O4. The number of ether oxygens (including phenoxy) is 2. The normalized spacial score (nSPS) is 14.1. The van der Waals surface area contributed by atoms with Gasteiger partial charge in [0.25, 0.3) is 5.91 Å². The number of fused-ring (bicyclic) bond motifs is 2. The Kier molecular flexibility index (Phi) is 7.54. The summed E-state index contributed by atoms with van der Waals surface area (Å²) < 4.78 is 10.8. The van der Waals surface area contributed by atoms with Crippen LogP contribution in [0.25, 0.3) is 0 Å². The average Bonchev–Trinajstić information content (AvgIpc) is 3.47. The van der Waals surface area contributed by atoms with E-state index in [4.69, 9.17) is 9.47 Å². The molecule has 0 radical (unpaired) electrons. The van der Waals surface area contributed by atoms with E-state index in [0.717, 1.165) is 17.8 Å². The predicted molar refractivity (Wildman–Crippen MR) is 129 cm³/mol. The van der Waals surface area contributed by atoms with E-state index in [2.05, 4.69) is 22.8 Å². The predicted octanol–water partition coefficient (Wildman–Crippen LogP) is 1.96. The third kappa shape index (κ3) is 5.43. The second-order valence-corrected chi connectivity index (χ2v) is 8.55. The van der Waals surface area contributed by atoms with E-state index in [1.165, 1.54) is 11.1 Å². The van der Waals surface area contributed by atoms with E-state index in [-0.39, 0.29) is 31.7 Å². The fourth-order valence-electron chi connectivity index (χ4n) is 4.15. The molecule has 0 saturated heterocycles. The van der Waals surface area contributed by atoms with Gasteiger partial charge in [0.05, 0.1) is 6.54 Å². The first kappa shape index (κ1) is 23.8. The van der Waals surface area contributed by atoms with Crippen molar-refractivity contribution in [2.24, 2.45) is 0 Å². The maximum Gasteiger partial charge on any atom is 0.256 e. The van der Waals surface area contributed by atoms with Crippen LogP contribution in [0, 0.1) is 6.92 Å². The molecule has 9 nitrogen and oxygen atoms in total. The van der Waals surface area contributed by atoms with Crippen LogP contribution < -0.4 is 20.1 Å². The number of anilines is 1. The minimum Gasteiger partial charge on any atom is -0.454 e. The van der Waals surface area contributed by atoms with Gasteiger partial charge in [-0.1, -0.05) is 31.2 Å². The van der Waals surface area contributed by atoms with Crippen LogP contribution in [0.1, 0.15) is 23.6 Å². The molecule has 0 spiro atoms. The van der Waals surface area contributed by atoms with Gasteiger partial charge in [0.1, 0.15) is 6.54 Å². The van der Waals surface area contributed by atoms with E-state index >= 15 is 0 Å². The maximum absolute atomic E-state index is 13.1. The number of carbonyl (C=O) groups is 2. The molecule has 2 heterocycles. The summed E-state index contributed by atoms with van der Waals surface area (Å²) in [6.45, 7) is 7.53. The number of hydrogen-bond donors (Lipinski definition) is 2. The van der Waals surface area contributed by atoms with Crippen LogP contribution in [0.15, 0.2) is 36.4 Å². The van der Waals surface area contributed by atoms with Crippen LogP contribution in [0.2, 0.25) is 0 Å². The summed E-state index contributed by atoms with van der Waals surface area (Å²) in [5.41, 5.74) is 4.22. The van der Waals surface area contributed by atoms with E-state index < -0.39 is 0 Å². The lowest BCUT2D eigenvalue weighted by Gasteiger charge is -2.31. The fourth-order valence-corrected chi connectivity index (χ4v) is 4.15. The van der Waals surface area contributed by atoms with Crippen molar-refractivity contribution in [2.75, 3.05) is 51.9 Å². The summed E-state index contributed by atoms with van der Waals surface area (Å²) in [6.07, 6.45) is 0. The summed E-state index contributed by atoms with van der Waals surface area (Å²) in [5.74, 6) is 1.12. The van der Waals surface area contributed by atoms with E-state index in [9.17, 15) is 9.59 Å². The van der Waals surface area contributed by atoms with Crippen molar-refractivity contribution < 1.29 is 19.1 Å². The SMILES string of the molecule is CCNCCN(CC(=O)N(C)N1Cc2ccccc2C1)C(=O)CNc1cc2c(cc1C)OCO2. The van der Waals surface area contributed by atoms with Crippen molar-refractivity contribution in [2.45, 2.75) is 26.9 Å². The number of benzene rings is 2. The Morgan fingerprint density at radius 3 is 2.41 bits per heavy atom. The Bertz CT molecular complexity index is 1020. The van der Waals surface area contributed by atoms with Crippen molar-refractivity contribution >= 4 is 17.5 Å². The molecule has 2 aliphatic rings. The van der Waals surface area contributed by atoms with Gasteiger partial charge < -0.3 is 25.0 Å². The third-order valence-electron chi connectivity index (χ3n) is 6.25. The maximum atomic E-state index is 13.1. The molecule has 2 aromatic rings. The highest BCUT2D eigenvalue weighted by molar-refractivity contribution is 5.87. The fraction of sp³-hybridized carbons (Fsp3) is 0.440. The second-order valence-electron chi connectivity index (χ2n) is 8.55. The lowest BCUT2D eigenvalue weighted by Crippen LogP contribution is -2.49. The van der Waals surface area contributed by atoms with Crippen LogP contribution in [0.3, 0.4) is 0 Å². The number of carbonyl (C=O) groups excluding carboxylic acids is 2. The number of aryl methyl sites for hydroxylation is 1. The van der Waals surface area contributed by atoms with Crippen molar-refractivity contribution in [3.63, 3.8) is 0 Å². The highest BCUT2D eigenvalue weighted by Crippen LogP contribution is 2.36. The van der Waals surface area contributed by atoms with Gasteiger partial charge in [-0.15, -0.1) is 0 Å². The van der Waals surface area contributed by atoms with Crippen molar-refractivity contribution in [1.82, 2.24) is 20.2 Å². The minimum absolute atomic E-state index is 0.0232. The molecule has 2 amide bonds. The second kappa shape index (κ2) is 10.8. The Hall–Kier alpha value is -3.30. The lowest BCUT2D eigenvalue weighted by molar-refractivity contribution is -0.151. The topological polar surface area (TPSA) is 86.4 Å². The molecule has 9 heteroatoms. The smallest absolute Gasteiger partial charge is 0.256 e. The van der Waals surface area contributed by atoms with Gasteiger partial charge in [0, 0.05) is 45.0 Å². The van der Waals surface area contributed by atoms with Gasteiger partial charge in [-0.3, -0.25) is 14.6 Å². The zero-order valence-electron chi connectivity index (χ0n) is 20.1. The number of nitrogens with one attached hydrogen (secondary N) is 2. The third-order valence-corrected chi connectivity index (χ3v) is 6.25. The first-order valence-corrected chi connectivity index (χ1v) is 11.7. The highest BCUT2D eigenvalue weighted by atomic mass is 16.7. The zero-order valence-corrected chi connectivity index (χ0v) is 20.1. The summed E-state index contributed by atoms with van der Waals surface area (Å²) in [6, 6.07) is 11.9. The Morgan fingerprint density at radius 2 is 1.74 bits per heavy atom. The first-order valence-electron chi connectivity index (χ1n) is 11.7. The van der Waals surface area contributed by atoms with E-state index in [1.54, 1.807) is 17.0 Å². The van der Waals surface area contributed by atoms with Crippen LogP contribution in [0.5, 0.6) is 11.5 Å². The molecule has 0 bridgehead atoms. The summed E-state index contributed by atoms with van der Waals surface area (Å²) >= 11 is 0. The monoisotopic (exact) mass is 467 g/mol. The number of likely N-dealkylation sites (N-methyl/N-ethyl adjacent to an activating group) is 2. The number of hydrogen-bond acceptors (Lipinski definition) is 7. The van der Waals surface area contributed by atoms with Crippen molar-refractivity contribution in [3.05, 3.63) is 53.1 Å². The molecule has 182 valence electrons. The molecule has 4 rings (SSSR count). The van der Waals surface area contributed by atoms with Crippen LogP contribution in [0.4, 0.5) is 5.69 Å². The van der Waals surface area contributed by atoms with Gasteiger partial charge in [-0.2, -0.15) is 0 Å². The molecule has 0 fully saturated rings. The summed E-state index contributed by atoms with van der Waals surface area (Å²) in [7, 11) is 1.77. The van der Waals surface area contributed by atoms with Gasteiger partial charge >= 0.3 is 0 Å². The molecule has 0 atom stereocenters. The Morgan fingerprint density at radius 1 is 1.06 bits per heavy atom. The first-order chi connectivity index (χ1) is 16.5. The van der Waals surface area contributed by atoms with Crippen molar-refractivity contribution in [1.29, 1.82) is 0 Å². The minimum atomic E-state index is -0.138. The average molecular weight is 468 g/mol. The molecule has 0 saturated carbocycles. The number of hydrazine groups is 1. The highest BCUT2D eigenvalue weighted by Gasteiger charge is 2.27. The van der Waals surface area contributed by atoms with Crippen LogP contribution in [-0.2, 0) is 22.7 Å². The molecule has 0 aromatic heterocycles. The molecule has 2 N–H and O–H groups in total. The number of amides is 2. The Balaban J connectivity index is 1.36. The standard InChI is InChI=1S/C25H33N5O4/c1-4-26-9-10-29(16-25(32)28(3)30-14-19-7-5-6-8-20(19)15-30)24(31)13-27-21-12-23-22(11-18(21)2)33-17-34-23/h5-8,11-12,26-27H,4,9-10,13-17H2,1-3H3. The number of rotatable bonds is 10. The van der Waals surface area contributed by atoms with Gasteiger partial charge in [0.15, 0.2) is 11.5 Å². The zero-order chi connectivity index (χ0) is 24.1. The van der Waals surface area contributed by atoms with Crippen LogP contribution >= 0.6 is 0 Å². The number of nitrogens with zero attached hydrogens (tertiary/aromatic N) is 3. The van der Waals surface area contributed by atoms with E-state index in [1.807, 2.05) is 43.1 Å². The summed E-state index contributed by atoms with van der Waals surface area (Å²) in [4.78, 5) is 27.8. The molecule has 2 aliphatic heterocycles. The van der Waals surface area contributed by atoms with E-state index in [0.29, 0.717) is 37.7 Å². The Labute approximate surface area is 200 Å². The van der Waals surface area contributed by atoms with Crippen LogP contribution in [-0.4, -0.2) is 73.3 Å². The molecule has 2 aromatic carbocycles. The van der Waals surface area contributed by atoms with Gasteiger partial charge in [0.2, 0.25) is 12.7 Å². The largest absolute Gasteiger partial charge is 0.454 e. The molecule has 0 unspecified atom stereocenters. The lowest BCUT2D eigenvalue weighted by atomic mass is 10.1. The molecule has 0 aliphatic carbocycles. The quantitative estimate of drug-likeness (QED) is 0.517. The van der Waals surface area contributed by atoms with Gasteiger partial charge in [-0.25, -0.2) is 5.01 Å². The molecule has 34 heavy (non-hydrogen) atoms. The van der Waals surface area contributed by atoms with Crippen molar-refractivity contribution in [3.8, 4) is 11.5 Å². The summed E-state index contributed by atoms with van der Waals surface area (Å²) in [5, 5.41) is 10.1.